The maximum absolute atomic E-state index is 11.3. The summed E-state index contributed by atoms with van der Waals surface area (Å²) in [7, 11) is 0. The molecule has 0 fully saturated rings. The first-order valence-electron chi connectivity index (χ1n) is 6.46. The third kappa shape index (κ3) is 4.71. The summed E-state index contributed by atoms with van der Waals surface area (Å²) in [5.74, 6) is -1.50. The zero-order valence-electron chi connectivity index (χ0n) is 14.3. The number of carboxylic acid groups (broad SMARTS) is 1. The van der Waals surface area contributed by atoms with Gasteiger partial charge in [-0.05, 0) is 28.9 Å². The minimum Gasteiger partial charge on any atom is -0.545 e. The van der Waals surface area contributed by atoms with Crippen LogP contribution in [0.1, 0.15) is 68.6 Å². The fourth-order valence-electron chi connectivity index (χ4n) is 2.37. The van der Waals surface area contributed by atoms with Gasteiger partial charge >= 0.3 is 29.6 Å². The monoisotopic (exact) mass is 304 g/mol. The fourth-order valence-corrected chi connectivity index (χ4v) is 2.37. The molecule has 0 aliphatic rings. The molecule has 3 N–H and O–H groups in total. The Balaban J connectivity index is 0. The van der Waals surface area contributed by atoms with Crippen LogP contribution >= 0.6 is 0 Å². The number of carbonyl (C=O) groups excluding carboxylic acids is 1. The van der Waals surface area contributed by atoms with Crippen LogP contribution in [0.5, 0.6) is 5.75 Å². The molecule has 0 aromatic heterocycles. The second-order valence-electron chi connectivity index (χ2n) is 7.11. The van der Waals surface area contributed by atoms with E-state index in [1.165, 1.54) is 0 Å². The molecule has 0 radical (unpaired) electrons. The Morgan fingerprint density at radius 1 is 1.05 bits per heavy atom. The molecule has 1 aromatic carbocycles. The van der Waals surface area contributed by atoms with Crippen molar-refractivity contribution in [3.8, 4) is 5.75 Å². The van der Waals surface area contributed by atoms with Crippen molar-refractivity contribution in [3.05, 3.63) is 28.3 Å². The Kier molecular flexibility index (Phi) is 7.73. The number of carbonyl (C=O) groups is 1. The van der Waals surface area contributed by atoms with Gasteiger partial charge in [-0.1, -0.05) is 47.6 Å². The number of hydrogen-bond acceptors (Lipinski definition) is 3. The number of aromatic hydroxyl groups is 1. The quantitative estimate of drug-likeness (QED) is 0.663. The molecule has 4 nitrogen and oxygen atoms in total. The summed E-state index contributed by atoms with van der Waals surface area (Å²) in [5, 5.41) is 21.6. The summed E-state index contributed by atoms with van der Waals surface area (Å²) in [6, 6.07) is 1.91. The van der Waals surface area contributed by atoms with Gasteiger partial charge < -0.3 is 20.5 Å². The van der Waals surface area contributed by atoms with Crippen LogP contribution in [0.25, 0.3) is 0 Å². The first-order chi connectivity index (χ1) is 8.37. The predicted molar refractivity (Wildman–Crippen MR) is 78.2 cm³/mol. The van der Waals surface area contributed by atoms with Crippen molar-refractivity contribution < 1.29 is 50.0 Å². The Hall–Kier alpha value is -0.550. The molecule has 0 aliphatic carbocycles. The summed E-state index contributed by atoms with van der Waals surface area (Å²) in [6.07, 6.45) is 0. The number of rotatable bonds is 1. The standard InChI is InChI=1S/C16H24O3.Na.H2O/c1-9-10(15(2,3)4)8-11(16(5,6)7)13(17)12(9)14(18)19;;/h8,17H,1-7H3,(H,18,19);;1H2/q;+1;/p-1. The predicted octanol–water partition coefficient (Wildman–Crippen LogP) is -1.16. The molecular weight excluding hydrogens is 279 g/mol. The maximum Gasteiger partial charge on any atom is 1.00 e. The summed E-state index contributed by atoms with van der Waals surface area (Å²) in [6.45, 7) is 13.6. The maximum atomic E-state index is 11.3. The number of aromatic carboxylic acids is 1. The first kappa shape index (κ1) is 22.7. The molecular formula is C16H25NaO4. The molecule has 1 aromatic rings. The molecule has 0 atom stereocenters. The summed E-state index contributed by atoms with van der Waals surface area (Å²) in [5.41, 5.74) is 1.54. The SMILES string of the molecule is Cc1c(C(C)(C)C)cc(C(C)(C)C)c(O)c1C(=O)[O-].O.[Na+]. The van der Waals surface area contributed by atoms with Gasteiger partial charge in [0.2, 0.25) is 0 Å². The number of phenols is 1. The van der Waals surface area contributed by atoms with Gasteiger partial charge in [0.25, 0.3) is 0 Å². The molecule has 0 spiro atoms. The van der Waals surface area contributed by atoms with Crippen molar-refractivity contribution in [3.63, 3.8) is 0 Å². The largest absolute Gasteiger partial charge is 1.00 e. The van der Waals surface area contributed by atoms with Crippen molar-refractivity contribution in [2.75, 3.05) is 0 Å². The number of hydrogen-bond donors (Lipinski definition) is 1. The normalized spacial score (nSPS) is 11.4. The van der Waals surface area contributed by atoms with Gasteiger partial charge in [0.15, 0.2) is 0 Å². The van der Waals surface area contributed by atoms with Crippen molar-refractivity contribution in [2.45, 2.75) is 59.3 Å². The van der Waals surface area contributed by atoms with E-state index in [4.69, 9.17) is 0 Å². The second-order valence-corrected chi connectivity index (χ2v) is 7.11. The van der Waals surface area contributed by atoms with Crippen LogP contribution in [0.15, 0.2) is 6.07 Å². The van der Waals surface area contributed by atoms with E-state index in [0.717, 1.165) is 5.56 Å². The van der Waals surface area contributed by atoms with Gasteiger partial charge in [0, 0.05) is 11.1 Å². The Morgan fingerprint density at radius 3 is 1.71 bits per heavy atom. The van der Waals surface area contributed by atoms with Gasteiger partial charge in [0.05, 0.1) is 5.97 Å². The van der Waals surface area contributed by atoms with Gasteiger partial charge in [-0.3, -0.25) is 0 Å². The first-order valence-corrected chi connectivity index (χ1v) is 6.46. The number of carboxylic acids is 1. The summed E-state index contributed by atoms with van der Waals surface area (Å²) in [4.78, 5) is 11.3. The van der Waals surface area contributed by atoms with E-state index in [1.54, 1.807) is 6.92 Å². The van der Waals surface area contributed by atoms with E-state index in [-0.39, 0.29) is 57.2 Å². The molecule has 0 heterocycles. The second kappa shape index (κ2) is 7.14. The Morgan fingerprint density at radius 2 is 1.43 bits per heavy atom. The molecule has 5 heteroatoms. The third-order valence-corrected chi connectivity index (χ3v) is 3.38. The van der Waals surface area contributed by atoms with Crippen LogP contribution in [-0.2, 0) is 10.8 Å². The molecule has 0 saturated carbocycles. The average molecular weight is 304 g/mol. The van der Waals surface area contributed by atoms with Crippen molar-refractivity contribution >= 4 is 5.97 Å². The number of benzene rings is 1. The van der Waals surface area contributed by atoms with E-state index in [1.807, 2.05) is 47.6 Å². The van der Waals surface area contributed by atoms with Crippen LogP contribution in [0.2, 0.25) is 0 Å². The van der Waals surface area contributed by atoms with Crippen LogP contribution in [0.4, 0.5) is 0 Å². The van der Waals surface area contributed by atoms with Crippen LogP contribution < -0.4 is 34.7 Å². The van der Waals surface area contributed by atoms with Crippen molar-refractivity contribution in [2.24, 2.45) is 0 Å². The molecule has 0 aliphatic heterocycles. The van der Waals surface area contributed by atoms with Gasteiger partial charge in [-0.15, -0.1) is 0 Å². The van der Waals surface area contributed by atoms with Crippen LogP contribution in [-0.4, -0.2) is 16.6 Å². The van der Waals surface area contributed by atoms with Crippen LogP contribution in [0, 0.1) is 6.92 Å². The van der Waals surface area contributed by atoms with Crippen molar-refractivity contribution in [1.82, 2.24) is 0 Å². The van der Waals surface area contributed by atoms with Gasteiger partial charge in [-0.2, -0.15) is 0 Å². The van der Waals surface area contributed by atoms with Gasteiger partial charge in [-0.25, -0.2) is 0 Å². The van der Waals surface area contributed by atoms with Gasteiger partial charge in [0.1, 0.15) is 5.75 Å². The fraction of sp³-hybridized carbons (Fsp3) is 0.562. The van der Waals surface area contributed by atoms with E-state index < -0.39 is 5.97 Å². The molecule has 21 heavy (non-hydrogen) atoms. The van der Waals surface area contributed by atoms with E-state index in [9.17, 15) is 15.0 Å². The zero-order chi connectivity index (χ0) is 15.2. The molecule has 0 unspecified atom stereocenters. The smallest absolute Gasteiger partial charge is 0.545 e. The summed E-state index contributed by atoms with van der Waals surface area (Å²) < 4.78 is 0. The third-order valence-electron chi connectivity index (χ3n) is 3.38. The van der Waals surface area contributed by atoms with Crippen molar-refractivity contribution in [1.29, 1.82) is 0 Å². The molecule has 0 amide bonds. The minimum absolute atomic E-state index is 0. The molecule has 114 valence electrons. The zero-order valence-corrected chi connectivity index (χ0v) is 16.3. The summed E-state index contributed by atoms with van der Waals surface area (Å²) >= 11 is 0. The molecule has 0 bridgehead atoms. The van der Waals surface area contributed by atoms with E-state index in [2.05, 4.69) is 0 Å². The van der Waals surface area contributed by atoms with E-state index >= 15 is 0 Å². The Labute approximate surface area is 149 Å². The van der Waals surface area contributed by atoms with E-state index in [0.29, 0.717) is 11.1 Å². The topological polar surface area (TPSA) is 91.9 Å². The molecule has 1 rings (SSSR count). The average Bonchev–Trinajstić information content (AvgIpc) is 2.12. The molecule has 0 saturated heterocycles. The Bertz CT molecular complexity index is 484. The minimum atomic E-state index is -1.33. The van der Waals surface area contributed by atoms with Crippen LogP contribution in [0.3, 0.4) is 0 Å².